The molecule has 0 aliphatic rings. The van der Waals surface area contributed by atoms with E-state index in [1.54, 1.807) is 18.0 Å². The van der Waals surface area contributed by atoms with Gasteiger partial charge in [-0.05, 0) is 46.6 Å². The highest BCUT2D eigenvalue weighted by Gasteiger charge is 2.07. The number of hydrogen-bond acceptors (Lipinski definition) is 4. The Morgan fingerprint density at radius 3 is 2.63 bits per heavy atom. The van der Waals surface area contributed by atoms with Crippen molar-refractivity contribution in [2.24, 2.45) is 0 Å². The average Bonchev–Trinajstić information content (AvgIpc) is 2.42. The van der Waals surface area contributed by atoms with E-state index in [2.05, 4.69) is 66.2 Å². The molecular weight excluding hydrogens is 390 g/mol. The van der Waals surface area contributed by atoms with Gasteiger partial charge in [-0.15, -0.1) is 0 Å². The minimum Gasteiger partial charge on any atom is -0.354 e. The number of benzene rings is 1. The number of anilines is 1. The van der Waals surface area contributed by atoms with Gasteiger partial charge in [0, 0.05) is 22.1 Å². The number of aromatic nitrogens is 2. The van der Waals surface area contributed by atoms with Crippen LogP contribution in [0.3, 0.4) is 0 Å². The van der Waals surface area contributed by atoms with Crippen LogP contribution in [0.15, 0.2) is 49.3 Å². The fraction of sp³-hybridized carbons (Fsp3) is 0.231. The van der Waals surface area contributed by atoms with Crippen LogP contribution in [0.25, 0.3) is 0 Å². The Morgan fingerprint density at radius 2 is 1.95 bits per heavy atom. The van der Waals surface area contributed by atoms with Gasteiger partial charge in [-0.3, -0.25) is 0 Å². The van der Waals surface area contributed by atoms with Crippen LogP contribution in [0, 0.1) is 0 Å². The Kier molecular flexibility index (Phi) is 5.66. The molecule has 100 valence electrons. The third-order valence-electron chi connectivity index (χ3n) is 2.27. The predicted octanol–water partition coefficient (Wildman–Crippen LogP) is 4.97. The lowest BCUT2D eigenvalue weighted by Crippen LogP contribution is -2.04. The Labute approximate surface area is 133 Å². The Balaban J connectivity index is 2.16. The summed E-state index contributed by atoms with van der Waals surface area (Å²) in [5.74, 6) is 0.671. The highest BCUT2D eigenvalue weighted by Crippen LogP contribution is 2.32. The quantitative estimate of drug-likeness (QED) is 0.716. The normalized spacial score (nSPS) is 10.5. The molecule has 0 amide bonds. The van der Waals surface area contributed by atoms with Crippen LogP contribution in [-0.2, 0) is 0 Å². The molecule has 0 saturated heterocycles. The van der Waals surface area contributed by atoms with Crippen molar-refractivity contribution in [3.8, 4) is 0 Å². The van der Waals surface area contributed by atoms with Crippen molar-refractivity contribution in [2.45, 2.75) is 23.3 Å². The second kappa shape index (κ2) is 7.26. The predicted molar refractivity (Wildman–Crippen MR) is 86.8 cm³/mol. The molecular formula is C13H13Br2N3S. The van der Waals surface area contributed by atoms with E-state index >= 15 is 0 Å². The van der Waals surface area contributed by atoms with E-state index in [9.17, 15) is 0 Å². The molecule has 0 aliphatic heterocycles. The molecule has 0 atom stereocenters. The van der Waals surface area contributed by atoms with Crippen molar-refractivity contribution in [2.75, 3.05) is 11.9 Å². The summed E-state index contributed by atoms with van der Waals surface area (Å²) in [7, 11) is 0. The summed E-state index contributed by atoms with van der Waals surface area (Å²) in [6.45, 7) is 2.99. The fourth-order valence-electron chi connectivity index (χ4n) is 1.36. The molecule has 1 aromatic heterocycles. The monoisotopic (exact) mass is 401 g/mol. The first-order chi connectivity index (χ1) is 9.19. The summed E-state index contributed by atoms with van der Waals surface area (Å²) in [6.07, 6.45) is 2.83. The van der Waals surface area contributed by atoms with Gasteiger partial charge in [-0.2, -0.15) is 0 Å². The van der Waals surface area contributed by atoms with Crippen LogP contribution >= 0.6 is 43.6 Å². The lowest BCUT2D eigenvalue weighted by Gasteiger charge is -2.07. The zero-order valence-electron chi connectivity index (χ0n) is 10.4. The first-order valence-corrected chi connectivity index (χ1v) is 8.29. The van der Waals surface area contributed by atoms with Gasteiger partial charge in [-0.1, -0.05) is 34.6 Å². The molecule has 2 aromatic rings. The van der Waals surface area contributed by atoms with Crippen molar-refractivity contribution >= 4 is 49.6 Å². The van der Waals surface area contributed by atoms with Crippen LogP contribution < -0.4 is 5.32 Å². The van der Waals surface area contributed by atoms with E-state index < -0.39 is 0 Å². The van der Waals surface area contributed by atoms with Gasteiger partial charge in [0.15, 0.2) is 0 Å². The Hall–Kier alpha value is -0.590. The molecule has 0 spiro atoms. The molecule has 0 saturated carbocycles. The number of rotatable bonds is 5. The second-order valence-electron chi connectivity index (χ2n) is 3.83. The maximum absolute atomic E-state index is 4.51. The fourth-order valence-corrected chi connectivity index (χ4v) is 2.84. The molecule has 1 heterocycles. The number of halogens is 2. The van der Waals surface area contributed by atoms with Crippen LogP contribution in [0.5, 0.6) is 0 Å². The van der Waals surface area contributed by atoms with Crippen molar-refractivity contribution in [3.05, 3.63) is 39.4 Å². The molecule has 0 bridgehead atoms. The molecule has 2 rings (SSSR count). The summed E-state index contributed by atoms with van der Waals surface area (Å²) >= 11 is 8.53. The van der Waals surface area contributed by atoms with Crippen molar-refractivity contribution in [1.29, 1.82) is 0 Å². The largest absolute Gasteiger partial charge is 0.354 e. The third-order valence-corrected chi connectivity index (χ3v) is 4.66. The molecule has 1 N–H and O–H groups in total. The third kappa shape index (κ3) is 4.47. The van der Waals surface area contributed by atoms with Crippen LogP contribution in [0.1, 0.15) is 13.3 Å². The van der Waals surface area contributed by atoms with Gasteiger partial charge in [0.05, 0.1) is 4.47 Å². The van der Waals surface area contributed by atoms with E-state index in [0.29, 0.717) is 5.95 Å². The van der Waals surface area contributed by atoms with Gasteiger partial charge < -0.3 is 5.32 Å². The maximum atomic E-state index is 4.51. The number of nitrogens with one attached hydrogen (secondary N) is 1. The summed E-state index contributed by atoms with van der Waals surface area (Å²) in [5.41, 5.74) is 0. The molecule has 0 unspecified atom stereocenters. The first-order valence-electron chi connectivity index (χ1n) is 5.89. The summed E-state index contributed by atoms with van der Waals surface area (Å²) in [5, 5.41) is 4.11. The minimum absolute atomic E-state index is 0.671. The van der Waals surface area contributed by atoms with Gasteiger partial charge in [0.25, 0.3) is 0 Å². The summed E-state index contributed by atoms with van der Waals surface area (Å²) in [6, 6.07) is 8.16. The SMILES string of the molecule is CCCNc1ncc(Br)c(Sc2ccc(Br)cc2)n1. The van der Waals surface area contributed by atoms with E-state index in [1.165, 1.54) is 0 Å². The van der Waals surface area contributed by atoms with E-state index in [-0.39, 0.29) is 0 Å². The molecule has 0 radical (unpaired) electrons. The second-order valence-corrected chi connectivity index (χ2v) is 6.66. The zero-order valence-corrected chi connectivity index (χ0v) is 14.3. The van der Waals surface area contributed by atoms with E-state index in [1.807, 2.05) is 12.1 Å². The first kappa shape index (κ1) is 14.8. The molecule has 1 aromatic carbocycles. The molecule has 0 aliphatic carbocycles. The highest BCUT2D eigenvalue weighted by molar-refractivity contribution is 9.10. The topological polar surface area (TPSA) is 37.8 Å². The molecule has 6 heteroatoms. The van der Waals surface area contributed by atoms with E-state index in [4.69, 9.17) is 0 Å². The molecule has 19 heavy (non-hydrogen) atoms. The Bertz CT molecular complexity index is 546. The van der Waals surface area contributed by atoms with Gasteiger partial charge in [0.2, 0.25) is 5.95 Å². The smallest absolute Gasteiger partial charge is 0.223 e. The van der Waals surface area contributed by atoms with Gasteiger partial charge in [-0.25, -0.2) is 9.97 Å². The Morgan fingerprint density at radius 1 is 1.21 bits per heavy atom. The summed E-state index contributed by atoms with van der Waals surface area (Å²) < 4.78 is 1.98. The van der Waals surface area contributed by atoms with Crippen LogP contribution in [0.4, 0.5) is 5.95 Å². The lowest BCUT2D eigenvalue weighted by molar-refractivity contribution is 0.930. The van der Waals surface area contributed by atoms with E-state index in [0.717, 1.165) is 31.8 Å². The van der Waals surface area contributed by atoms with Crippen molar-refractivity contribution < 1.29 is 0 Å². The maximum Gasteiger partial charge on any atom is 0.223 e. The highest BCUT2D eigenvalue weighted by atomic mass is 79.9. The van der Waals surface area contributed by atoms with Crippen LogP contribution in [-0.4, -0.2) is 16.5 Å². The molecule has 0 fully saturated rings. The van der Waals surface area contributed by atoms with Crippen molar-refractivity contribution in [3.63, 3.8) is 0 Å². The zero-order chi connectivity index (χ0) is 13.7. The average molecular weight is 403 g/mol. The number of nitrogens with zero attached hydrogens (tertiary/aromatic N) is 2. The standard InChI is InChI=1S/C13H13Br2N3S/c1-2-7-16-13-17-8-11(15)12(18-13)19-10-5-3-9(14)4-6-10/h3-6,8H,2,7H2,1H3,(H,16,17,18). The van der Waals surface area contributed by atoms with Gasteiger partial charge in [0.1, 0.15) is 5.03 Å². The number of hydrogen-bond donors (Lipinski definition) is 1. The van der Waals surface area contributed by atoms with Crippen molar-refractivity contribution in [1.82, 2.24) is 9.97 Å². The minimum atomic E-state index is 0.671. The van der Waals surface area contributed by atoms with Crippen LogP contribution in [0.2, 0.25) is 0 Å². The molecule has 3 nitrogen and oxygen atoms in total. The van der Waals surface area contributed by atoms with Gasteiger partial charge >= 0.3 is 0 Å². The summed E-state index contributed by atoms with van der Waals surface area (Å²) in [4.78, 5) is 9.89. The lowest BCUT2D eigenvalue weighted by atomic mass is 10.4.